The molecule has 0 aliphatic rings. The second kappa shape index (κ2) is 11.2. The average molecular weight is 585 g/mol. The van der Waals surface area contributed by atoms with Crippen LogP contribution >= 0.6 is 0 Å². The van der Waals surface area contributed by atoms with Crippen molar-refractivity contribution in [1.29, 1.82) is 0 Å². The Morgan fingerprint density at radius 1 is 0.800 bits per heavy atom. The van der Waals surface area contributed by atoms with E-state index in [4.69, 9.17) is 4.74 Å². The van der Waals surface area contributed by atoms with Gasteiger partial charge in [-0.05, 0) is 29.6 Å². The third kappa shape index (κ3) is 6.24. The number of halogens is 3. The molecule has 0 spiro atoms. The molecule has 30 heavy (non-hydrogen) atoms. The SMILES string of the molecule is COc1ccnc(-c2[c-]cc(F)cc2)c1.Fc1c[c-]c(-c2ccccn2)c(F)c1.[Ir]. The van der Waals surface area contributed by atoms with Gasteiger partial charge in [-0.15, -0.1) is 42.0 Å². The third-order valence-electron chi connectivity index (χ3n) is 3.80. The van der Waals surface area contributed by atoms with Crippen molar-refractivity contribution < 1.29 is 38.0 Å². The maximum absolute atomic E-state index is 13.2. The zero-order valence-corrected chi connectivity index (χ0v) is 18.1. The topological polar surface area (TPSA) is 35.0 Å². The summed E-state index contributed by atoms with van der Waals surface area (Å²) in [7, 11) is 1.59. The number of aromatic nitrogens is 2. The molecule has 4 rings (SSSR count). The summed E-state index contributed by atoms with van der Waals surface area (Å²) in [6.07, 6.45) is 3.19. The van der Waals surface area contributed by atoms with Crippen LogP contribution in [0.4, 0.5) is 13.2 Å². The molecule has 0 aliphatic carbocycles. The largest absolute Gasteiger partial charge is 0.497 e. The second-order valence-electron chi connectivity index (χ2n) is 5.76. The average Bonchev–Trinajstić information content (AvgIpc) is 2.75. The second-order valence-corrected chi connectivity index (χ2v) is 5.76. The number of pyridine rings is 2. The Kier molecular flexibility index (Phi) is 8.71. The van der Waals surface area contributed by atoms with Gasteiger partial charge in [0.25, 0.3) is 0 Å². The van der Waals surface area contributed by atoms with Gasteiger partial charge in [0.1, 0.15) is 5.75 Å². The molecule has 0 unspecified atom stereocenters. The van der Waals surface area contributed by atoms with Gasteiger partial charge in [0, 0.05) is 50.0 Å². The molecule has 0 amide bonds. The molecule has 1 radical (unpaired) electrons. The standard InChI is InChI=1S/C12H9FNO.C11H6F2N.Ir/c1-15-11-6-7-14-12(8-11)9-2-4-10(13)5-3-9;12-8-4-5-9(10(13)7-8)11-3-1-2-6-14-11;/h2,4-8H,1H3;1-4,6-7H;/q2*-1;. The van der Waals surface area contributed by atoms with Crippen LogP contribution < -0.4 is 4.74 Å². The summed E-state index contributed by atoms with van der Waals surface area (Å²) in [5, 5.41) is 0. The Morgan fingerprint density at radius 3 is 2.20 bits per heavy atom. The fourth-order valence-corrected chi connectivity index (χ4v) is 2.40. The van der Waals surface area contributed by atoms with Crippen LogP contribution in [0.1, 0.15) is 0 Å². The molecule has 0 atom stereocenters. The number of methoxy groups -OCH3 is 1. The van der Waals surface area contributed by atoms with E-state index in [9.17, 15) is 13.2 Å². The zero-order chi connectivity index (χ0) is 20.6. The summed E-state index contributed by atoms with van der Waals surface area (Å²) >= 11 is 0. The van der Waals surface area contributed by atoms with E-state index in [1.807, 2.05) is 0 Å². The minimum Gasteiger partial charge on any atom is -0.497 e. The Balaban J connectivity index is 0.000000207. The van der Waals surface area contributed by atoms with E-state index in [2.05, 4.69) is 22.1 Å². The predicted octanol–water partition coefficient (Wildman–Crippen LogP) is 5.52. The van der Waals surface area contributed by atoms with E-state index in [1.165, 1.54) is 12.1 Å². The van der Waals surface area contributed by atoms with Gasteiger partial charge in [-0.1, -0.05) is 23.8 Å². The number of rotatable bonds is 3. The first-order chi connectivity index (χ1) is 14.1. The van der Waals surface area contributed by atoms with Crippen molar-refractivity contribution >= 4 is 0 Å². The van der Waals surface area contributed by atoms with Gasteiger partial charge in [-0.3, -0.25) is 13.2 Å². The first-order valence-electron chi connectivity index (χ1n) is 8.52. The van der Waals surface area contributed by atoms with E-state index in [0.717, 1.165) is 23.4 Å². The van der Waals surface area contributed by atoms with Crippen LogP contribution in [0.2, 0.25) is 0 Å². The van der Waals surface area contributed by atoms with Crippen molar-refractivity contribution in [2.75, 3.05) is 7.11 Å². The van der Waals surface area contributed by atoms with Crippen molar-refractivity contribution in [3.05, 3.63) is 103 Å². The molecule has 7 heteroatoms. The molecule has 155 valence electrons. The van der Waals surface area contributed by atoms with Crippen molar-refractivity contribution in [3.63, 3.8) is 0 Å². The first-order valence-corrected chi connectivity index (χ1v) is 8.52. The fourth-order valence-electron chi connectivity index (χ4n) is 2.40. The van der Waals surface area contributed by atoms with Gasteiger partial charge in [-0.2, -0.15) is 0 Å². The summed E-state index contributed by atoms with van der Waals surface area (Å²) in [6, 6.07) is 20.2. The van der Waals surface area contributed by atoms with Crippen molar-refractivity contribution in [2.45, 2.75) is 0 Å². The molecule has 2 heterocycles. The first kappa shape index (κ1) is 23.3. The number of benzene rings is 2. The van der Waals surface area contributed by atoms with E-state index in [0.29, 0.717) is 11.4 Å². The van der Waals surface area contributed by atoms with Gasteiger partial charge < -0.3 is 14.7 Å². The third-order valence-corrected chi connectivity index (χ3v) is 3.80. The number of hydrogen-bond acceptors (Lipinski definition) is 3. The smallest absolute Gasteiger partial charge is 0.113 e. The van der Waals surface area contributed by atoms with Crippen LogP contribution in [0.5, 0.6) is 5.75 Å². The Morgan fingerprint density at radius 2 is 1.57 bits per heavy atom. The summed E-state index contributed by atoms with van der Waals surface area (Å²) in [5.41, 5.74) is 2.10. The van der Waals surface area contributed by atoms with E-state index in [-0.39, 0.29) is 31.5 Å². The van der Waals surface area contributed by atoms with Gasteiger partial charge in [0.05, 0.1) is 7.11 Å². The van der Waals surface area contributed by atoms with Crippen LogP contribution in [0.15, 0.2) is 73.1 Å². The Labute approximate surface area is 186 Å². The van der Waals surface area contributed by atoms with Gasteiger partial charge in [-0.25, -0.2) is 0 Å². The maximum Gasteiger partial charge on any atom is 0.113 e. The molecule has 0 N–H and O–H groups in total. The van der Waals surface area contributed by atoms with Gasteiger partial charge in [0.15, 0.2) is 0 Å². The van der Waals surface area contributed by atoms with Crippen LogP contribution in [0.3, 0.4) is 0 Å². The molecule has 0 fully saturated rings. The van der Waals surface area contributed by atoms with Crippen LogP contribution in [-0.2, 0) is 20.1 Å². The van der Waals surface area contributed by atoms with Crippen molar-refractivity contribution in [3.8, 4) is 28.3 Å². The minimum atomic E-state index is -0.649. The quantitative estimate of drug-likeness (QED) is 0.298. The zero-order valence-electron chi connectivity index (χ0n) is 15.7. The van der Waals surface area contributed by atoms with Gasteiger partial charge >= 0.3 is 0 Å². The molecule has 0 saturated heterocycles. The molecule has 4 aromatic rings. The molecular formula is C23H15F3IrN2O-2. The van der Waals surface area contributed by atoms with E-state index < -0.39 is 11.6 Å². The molecule has 0 saturated carbocycles. The molecule has 2 aromatic heterocycles. The minimum absolute atomic E-state index is 0. The summed E-state index contributed by atoms with van der Waals surface area (Å²) in [5.74, 6) is -0.870. The van der Waals surface area contributed by atoms with Gasteiger partial charge in [0.2, 0.25) is 0 Å². The Bertz CT molecular complexity index is 1080. The van der Waals surface area contributed by atoms with Crippen LogP contribution in [0, 0.1) is 29.6 Å². The van der Waals surface area contributed by atoms with Crippen molar-refractivity contribution in [1.82, 2.24) is 9.97 Å². The number of hydrogen-bond donors (Lipinski definition) is 0. The molecule has 0 aliphatic heterocycles. The van der Waals surface area contributed by atoms with Crippen LogP contribution in [-0.4, -0.2) is 17.1 Å². The summed E-state index contributed by atoms with van der Waals surface area (Å²) < 4.78 is 43.5. The molecule has 3 nitrogen and oxygen atoms in total. The molecule has 0 bridgehead atoms. The van der Waals surface area contributed by atoms with Crippen molar-refractivity contribution in [2.24, 2.45) is 0 Å². The summed E-state index contributed by atoms with van der Waals surface area (Å²) in [4.78, 5) is 8.10. The monoisotopic (exact) mass is 585 g/mol. The van der Waals surface area contributed by atoms with E-state index >= 15 is 0 Å². The van der Waals surface area contributed by atoms with E-state index in [1.54, 1.807) is 55.9 Å². The summed E-state index contributed by atoms with van der Waals surface area (Å²) in [6.45, 7) is 0. The normalized spacial score (nSPS) is 9.73. The number of ether oxygens (including phenoxy) is 1. The predicted molar refractivity (Wildman–Crippen MR) is 103 cm³/mol. The number of nitrogens with zero attached hydrogens (tertiary/aromatic N) is 2. The Hall–Kier alpha value is -3.02. The maximum atomic E-state index is 13.2. The van der Waals surface area contributed by atoms with Crippen LogP contribution in [0.25, 0.3) is 22.5 Å². The molecular weight excluding hydrogens is 569 g/mol. The molecule has 2 aromatic carbocycles. The fraction of sp³-hybridized carbons (Fsp3) is 0.0435.